The van der Waals surface area contributed by atoms with E-state index in [9.17, 15) is 25.5 Å². The molecule has 0 aliphatic carbocycles. The molecule has 3 rings (SSSR count). The van der Waals surface area contributed by atoms with E-state index in [2.05, 4.69) is 4.98 Å². The van der Waals surface area contributed by atoms with E-state index in [-0.39, 0.29) is 5.69 Å². The zero-order valence-electron chi connectivity index (χ0n) is 11.0. The number of aromatic nitrogens is 1. The van der Waals surface area contributed by atoms with Gasteiger partial charge < -0.3 is 35.3 Å². The number of rotatable bonds is 2. The number of aliphatic hydroxyl groups excluding tert-OH is 4. The van der Waals surface area contributed by atoms with Crippen molar-refractivity contribution >= 4 is 10.9 Å². The van der Waals surface area contributed by atoms with Crippen molar-refractivity contribution in [2.45, 2.75) is 30.2 Å². The maximum atomic E-state index is 10.6. The fourth-order valence-corrected chi connectivity index (χ4v) is 2.64. The van der Waals surface area contributed by atoms with Crippen LogP contribution in [0, 0.1) is 0 Å². The SMILES string of the molecule is OC[C@H]1OC(O)(c2cc3ccccc3[nH]2)[C@H](O)[C@@H](O)[C@@H]1O. The van der Waals surface area contributed by atoms with E-state index in [4.69, 9.17) is 4.74 Å². The number of ether oxygens (including phenoxy) is 1. The molecule has 21 heavy (non-hydrogen) atoms. The molecular formula is C14H17NO6. The van der Waals surface area contributed by atoms with Crippen LogP contribution < -0.4 is 0 Å². The Hall–Kier alpha value is -1.48. The Morgan fingerprint density at radius 1 is 1.14 bits per heavy atom. The summed E-state index contributed by atoms with van der Waals surface area (Å²) in [6.07, 6.45) is -6.11. The van der Waals surface area contributed by atoms with E-state index in [0.717, 1.165) is 10.9 Å². The molecule has 0 amide bonds. The van der Waals surface area contributed by atoms with Gasteiger partial charge in [-0.25, -0.2) is 0 Å². The molecule has 5 atom stereocenters. The van der Waals surface area contributed by atoms with Crippen LogP contribution in [-0.4, -0.2) is 61.5 Å². The Labute approximate surface area is 120 Å². The fourth-order valence-electron chi connectivity index (χ4n) is 2.64. The minimum atomic E-state index is -2.24. The van der Waals surface area contributed by atoms with Crippen molar-refractivity contribution in [2.75, 3.05) is 6.61 Å². The molecule has 1 saturated heterocycles. The van der Waals surface area contributed by atoms with Crippen LogP contribution >= 0.6 is 0 Å². The lowest BCUT2D eigenvalue weighted by Gasteiger charge is -2.44. The molecule has 0 spiro atoms. The number of hydrogen-bond donors (Lipinski definition) is 6. The summed E-state index contributed by atoms with van der Waals surface area (Å²) in [4.78, 5) is 2.91. The van der Waals surface area contributed by atoms with E-state index >= 15 is 0 Å². The molecule has 1 fully saturated rings. The molecule has 0 bridgehead atoms. The third kappa shape index (κ3) is 2.15. The van der Waals surface area contributed by atoms with Crippen molar-refractivity contribution in [3.8, 4) is 0 Å². The normalized spacial score (nSPS) is 37.0. The molecule has 2 heterocycles. The zero-order chi connectivity index (χ0) is 15.2. The summed E-state index contributed by atoms with van der Waals surface area (Å²) in [6.45, 7) is -0.604. The van der Waals surface area contributed by atoms with Crippen LogP contribution in [0.3, 0.4) is 0 Å². The van der Waals surface area contributed by atoms with Gasteiger partial charge in [0.1, 0.15) is 24.4 Å². The van der Waals surface area contributed by atoms with E-state index in [1.165, 1.54) is 0 Å². The molecule has 7 nitrogen and oxygen atoms in total. The van der Waals surface area contributed by atoms with Crippen molar-refractivity contribution in [1.82, 2.24) is 4.98 Å². The van der Waals surface area contributed by atoms with Gasteiger partial charge in [0, 0.05) is 5.52 Å². The second-order valence-corrected chi connectivity index (χ2v) is 5.23. The molecule has 1 aliphatic rings. The number of para-hydroxylation sites is 1. The van der Waals surface area contributed by atoms with Gasteiger partial charge in [-0.15, -0.1) is 0 Å². The first-order valence-electron chi connectivity index (χ1n) is 6.61. The molecule has 6 N–H and O–H groups in total. The van der Waals surface area contributed by atoms with Gasteiger partial charge in [0.05, 0.1) is 12.3 Å². The van der Waals surface area contributed by atoms with Crippen LogP contribution in [-0.2, 0) is 10.5 Å². The van der Waals surface area contributed by atoms with Crippen molar-refractivity contribution in [2.24, 2.45) is 0 Å². The largest absolute Gasteiger partial charge is 0.394 e. The second-order valence-electron chi connectivity index (χ2n) is 5.23. The molecule has 7 heteroatoms. The Morgan fingerprint density at radius 2 is 1.86 bits per heavy atom. The van der Waals surface area contributed by atoms with Crippen LogP contribution in [0.15, 0.2) is 30.3 Å². The van der Waals surface area contributed by atoms with Crippen LogP contribution in [0.25, 0.3) is 10.9 Å². The Kier molecular flexibility index (Phi) is 3.48. The number of aromatic amines is 1. The Bertz CT molecular complexity index is 608. The summed E-state index contributed by atoms with van der Waals surface area (Å²) in [6, 6.07) is 8.80. The summed E-state index contributed by atoms with van der Waals surface area (Å²) >= 11 is 0. The average Bonchev–Trinajstić information content (AvgIpc) is 2.93. The topological polar surface area (TPSA) is 126 Å². The van der Waals surface area contributed by atoms with Crippen molar-refractivity contribution in [1.29, 1.82) is 0 Å². The fraction of sp³-hybridized carbons (Fsp3) is 0.429. The molecule has 1 aliphatic heterocycles. The molecule has 2 aromatic rings. The average molecular weight is 295 g/mol. The summed E-state index contributed by atoms with van der Waals surface area (Å²) in [5.41, 5.74) is 0.860. The van der Waals surface area contributed by atoms with E-state index in [1.807, 2.05) is 12.1 Å². The van der Waals surface area contributed by atoms with Crippen LogP contribution in [0.4, 0.5) is 0 Å². The van der Waals surface area contributed by atoms with Gasteiger partial charge >= 0.3 is 0 Å². The quantitative estimate of drug-likeness (QED) is 0.413. The Balaban J connectivity index is 2.05. The van der Waals surface area contributed by atoms with Crippen LogP contribution in [0.1, 0.15) is 5.69 Å². The first kappa shape index (κ1) is 14.5. The highest BCUT2D eigenvalue weighted by molar-refractivity contribution is 5.80. The number of H-pyrrole nitrogens is 1. The minimum absolute atomic E-state index is 0.139. The van der Waals surface area contributed by atoms with Crippen molar-refractivity contribution < 1.29 is 30.3 Å². The third-order valence-electron chi connectivity index (χ3n) is 3.88. The predicted octanol–water partition coefficient (Wildman–Crippen LogP) is -1.21. The molecule has 0 radical (unpaired) electrons. The third-order valence-corrected chi connectivity index (χ3v) is 3.88. The maximum absolute atomic E-state index is 10.6. The smallest absolute Gasteiger partial charge is 0.237 e. The monoisotopic (exact) mass is 295 g/mol. The number of hydrogen-bond acceptors (Lipinski definition) is 6. The first-order chi connectivity index (χ1) is 9.97. The standard InChI is InChI=1S/C14H17NO6/c16-6-9-11(17)12(18)13(19)14(20,21-9)10-5-7-3-1-2-4-8(7)15-10/h1-5,9,11-13,15-20H,6H2/t9-,11-,12+,13-,14?/m1/s1. The molecule has 1 unspecified atom stereocenters. The van der Waals surface area contributed by atoms with E-state index in [0.29, 0.717) is 0 Å². The van der Waals surface area contributed by atoms with Gasteiger partial charge in [-0.1, -0.05) is 18.2 Å². The first-order valence-corrected chi connectivity index (χ1v) is 6.61. The van der Waals surface area contributed by atoms with Crippen molar-refractivity contribution in [3.05, 3.63) is 36.0 Å². The zero-order valence-corrected chi connectivity index (χ0v) is 11.0. The summed E-state index contributed by atoms with van der Waals surface area (Å²) < 4.78 is 5.25. The predicted molar refractivity (Wildman–Crippen MR) is 72.2 cm³/mol. The number of benzene rings is 1. The summed E-state index contributed by atoms with van der Waals surface area (Å²) in [5.74, 6) is -2.24. The van der Waals surface area contributed by atoms with Gasteiger partial charge in [-0.05, 0) is 17.5 Å². The lowest BCUT2D eigenvalue weighted by atomic mass is 9.91. The van der Waals surface area contributed by atoms with Gasteiger partial charge in [-0.2, -0.15) is 0 Å². The summed E-state index contributed by atoms with van der Waals surface area (Å²) in [5, 5.41) is 50.2. The number of fused-ring (bicyclic) bond motifs is 1. The van der Waals surface area contributed by atoms with Gasteiger partial charge in [-0.3, -0.25) is 0 Å². The highest BCUT2D eigenvalue weighted by atomic mass is 16.7. The number of aliphatic hydroxyl groups is 5. The van der Waals surface area contributed by atoms with E-state index in [1.54, 1.807) is 18.2 Å². The highest BCUT2D eigenvalue weighted by Gasteiger charge is 2.54. The number of nitrogens with one attached hydrogen (secondary N) is 1. The van der Waals surface area contributed by atoms with E-state index < -0.39 is 36.8 Å². The van der Waals surface area contributed by atoms with Gasteiger partial charge in [0.2, 0.25) is 5.79 Å². The molecule has 114 valence electrons. The van der Waals surface area contributed by atoms with Gasteiger partial charge in [0.25, 0.3) is 0 Å². The lowest BCUT2D eigenvalue weighted by Crippen LogP contribution is -2.63. The Morgan fingerprint density at radius 3 is 2.52 bits per heavy atom. The molecule has 0 saturated carbocycles. The van der Waals surface area contributed by atoms with Gasteiger partial charge in [0.15, 0.2) is 0 Å². The maximum Gasteiger partial charge on any atom is 0.237 e. The minimum Gasteiger partial charge on any atom is -0.394 e. The van der Waals surface area contributed by atoms with Crippen LogP contribution in [0.5, 0.6) is 0 Å². The second kappa shape index (κ2) is 5.06. The lowest BCUT2D eigenvalue weighted by molar-refractivity contribution is -0.359. The van der Waals surface area contributed by atoms with Crippen LogP contribution in [0.2, 0.25) is 0 Å². The summed E-state index contributed by atoms with van der Waals surface area (Å²) in [7, 11) is 0. The van der Waals surface area contributed by atoms with Crippen molar-refractivity contribution in [3.63, 3.8) is 0 Å². The highest BCUT2D eigenvalue weighted by Crippen LogP contribution is 2.36. The molecule has 1 aromatic heterocycles. The molecule has 1 aromatic carbocycles. The molecular weight excluding hydrogens is 278 g/mol.